The second-order valence-electron chi connectivity index (χ2n) is 7.85. The van der Waals surface area contributed by atoms with E-state index in [1.54, 1.807) is 22.3 Å². The molecule has 2 rings (SSSR count). The van der Waals surface area contributed by atoms with E-state index in [1.165, 1.54) is 23.1 Å². The maximum atomic E-state index is 2.42. The van der Waals surface area contributed by atoms with Crippen molar-refractivity contribution in [3.05, 3.63) is 57.2 Å². The van der Waals surface area contributed by atoms with Gasteiger partial charge in [0.05, 0.1) is 0 Å². The van der Waals surface area contributed by atoms with Crippen LogP contribution in [-0.4, -0.2) is 9.52 Å². The Morgan fingerprint density at radius 3 is 1.68 bits per heavy atom. The zero-order valence-corrected chi connectivity index (χ0v) is 17.1. The maximum Gasteiger partial charge on any atom is 0.0403 e. The highest BCUT2D eigenvalue weighted by Gasteiger charge is 2.41. The van der Waals surface area contributed by atoms with Gasteiger partial charge in [-0.05, 0) is 64.7 Å². The summed E-state index contributed by atoms with van der Waals surface area (Å²) in [6, 6.07) is 7.08. The van der Waals surface area contributed by atoms with E-state index < -0.39 is 0 Å². The molecular formula is C21H32Si. The third-order valence-corrected chi connectivity index (χ3v) is 8.49. The van der Waals surface area contributed by atoms with Gasteiger partial charge in [0.2, 0.25) is 0 Å². The van der Waals surface area contributed by atoms with Crippen LogP contribution < -0.4 is 0 Å². The highest BCUT2D eigenvalue weighted by Crippen LogP contribution is 2.55. The van der Waals surface area contributed by atoms with Crippen molar-refractivity contribution in [3.8, 4) is 0 Å². The lowest BCUT2D eigenvalue weighted by molar-refractivity contribution is 0.717. The van der Waals surface area contributed by atoms with Crippen LogP contribution in [0.3, 0.4) is 0 Å². The molecule has 0 saturated heterocycles. The number of aryl methyl sites for hydroxylation is 2. The van der Waals surface area contributed by atoms with Crippen molar-refractivity contribution in [2.45, 2.75) is 72.4 Å². The standard InChI is InChI=1S/C21H32Si/c1-13(2)22-21(18(7)16(5)17(6)19(21)8)12-20-10-14(3)9-15(4)11-20/h9-11,13H,12,22H2,1-8H3. The summed E-state index contributed by atoms with van der Waals surface area (Å²) in [4.78, 5) is 0. The Kier molecular flexibility index (Phi) is 4.86. The van der Waals surface area contributed by atoms with Gasteiger partial charge in [-0.2, -0.15) is 0 Å². The fourth-order valence-corrected chi connectivity index (χ4v) is 7.39. The topological polar surface area (TPSA) is 0 Å². The molecule has 0 aromatic heterocycles. The average molecular weight is 313 g/mol. The molecule has 0 radical (unpaired) electrons. The molecule has 0 spiro atoms. The number of hydrogen-bond donors (Lipinski definition) is 0. The Bertz CT molecular complexity index is 600. The normalized spacial score (nSPS) is 18.4. The first-order chi connectivity index (χ1) is 10.2. The summed E-state index contributed by atoms with van der Waals surface area (Å²) in [6.45, 7) is 18.7. The first-order valence-electron chi connectivity index (χ1n) is 8.61. The lowest BCUT2D eigenvalue weighted by atomic mass is 9.87. The van der Waals surface area contributed by atoms with Gasteiger partial charge in [-0.1, -0.05) is 59.9 Å². The molecule has 1 aromatic carbocycles. The van der Waals surface area contributed by atoms with E-state index in [0.29, 0.717) is 5.04 Å². The lowest BCUT2D eigenvalue weighted by Crippen LogP contribution is -2.26. The van der Waals surface area contributed by atoms with Gasteiger partial charge in [-0.25, -0.2) is 0 Å². The van der Waals surface area contributed by atoms with Crippen LogP contribution in [-0.2, 0) is 6.42 Å². The van der Waals surface area contributed by atoms with Gasteiger partial charge in [0.15, 0.2) is 0 Å². The third-order valence-electron chi connectivity index (χ3n) is 5.67. The fraction of sp³-hybridized carbons (Fsp3) is 0.524. The largest absolute Gasteiger partial charge is 0.0656 e. The van der Waals surface area contributed by atoms with E-state index in [-0.39, 0.29) is 9.52 Å². The van der Waals surface area contributed by atoms with Crippen molar-refractivity contribution in [2.75, 3.05) is 0 Å². The maximum absolute atomic E-state index is 2.42. The summed E-state index contributed by atoms with van der Waals surface area (Å²) in [6.07, 6.45) is 1.20. The molecular weight excluding hydrogens is 280 g/mol. The second kappa shape index (κ2) is 6.20. The van der Waals surface area contributed by atoms with Crippen LogP contribution in [0, 0.1) is 13.8 Å². The van der Waals surface area contributed by atoms with Gasteiger partial charge in [-0.3, -0.25) is 0 Å². The fourth-order valence-electron chi connectivity index (χ4n) is 4.42. The molecule has 120 valence electrons. The minimum absolute atomic E-state index is 0.227. The zero-order chi connectivity index (χ0) is 16.7. The quantitative estimate of drug-likeness (QED) is 0.627. The van der Waals surface area contributed by atoms with E-state index in [0.717, 1.165) is 5.54 Å². The Hall–Kier alpha value is -1.08. The summed E-state index contributed by atoms with van der Waals surface area (Å²) >= 11 is 0. The summed E-state index contributed by atoms with van der Waals surface area (Å²) in [5, 5.41) is 0.364. The zero-order valence-electron chi connectivity index (χ0n) is 15.7. The van der Waals surface area contributed by atoms with Gasteiger partial charge < -0.3 is 0 Å². The molecule has 1 aliphatic rings. The minimum atomic E-state index is -0.227. The van der Waals surface area contributed by atoms with Crippen LogP contribution in [0.5, 0.6) is 0 Å². The van der Waals surface area contributed by atoms with Gasteiger partial charge in [-0.15, -0.1) is 0 Å². The van der Waals surface area contributed by atoms with E-state index >= 15 is 0 Å². The van der Waals surface area contributed by atoms with Crippen LogP contribution in [0.2, 0.25) is 10.6 Å². The smallest absolute Gasteiger partial charge is 0.0403 e. The molecule has 1 aliphatic carbocycles. The average Bonchev–Trinajstić information content (AvgIpc) is 2.53. The van der Waals surface area contributed by atoms with E-state index in [1.807, 2.05) is 0 Å². The number of rotatable bonds is 4. The van der Waals surface area contributed by atoms with Crippen LogP contribution in [0.1, 0.15) is 58.2 Å². The van der Waals surface area contributed by atoms with Crippen molar-refractivity contribution >= 4 is 9.52 Å². The number of benzene rings is 1. The van der Waals surface area contributed by atoms with Gasteiger partial charge >= 0.3 is 0 Å². The molecule has 0 atom stereocenters. The van der Waals surface area contributed by atoms with Gasteiger partial charge in [0, 0.05) is 14.6 Å². The van der Waals surface area contributed by atoms with E-state index in [4.69, 9.17) is 0 Å². The second-order valence-corrected chi connectivity index (χ2v) is 11.1. The Morgan fingerprint density at radius 2 is 1.27 bits per heavy atom. The van der Waals surface area contributed by atoms with Crippen LogP contribution in [0.4, 0.5) is 0 Å². The third kappa shape index (κ3) is 3.01. The molecule has 0 aliphatic heterocycles. The predicted molar refractivity (Wildman–Crippen MR) is 103 cm³/mol. The molecule has 0 amide bonds. The number of hydrogen-bond acceptors (Lipinski definition) is 0. The highest BCUT2D eigenvalue weighted by atomic mass is 28.2. The first-order valence-corrected chi connectivity index (χ1v) is 10.1. The molecule has 1 aromatic rings. The first kappa shape index (κ1) is 17.3. The van der Waals surface area contributed by atoms with Crippen molar-refractivity contribution in [1.29, 1.82) is 0 Å². The molecule has 22 heavy (non-hydrogen) atoms. The Morgan fingerprint density at radius 1 is 0.818 bits per heavy atom. The monoisotopic (exact) mass is 312 g/mol. The summed E-state index contributed by atoms with van der Waals surface area (Å²) in [7, 11) is -0.227. The minimum Gasteiger partial charge on any atom is -0.0656 e. The van der Waals surface area contributed by atoms with Crippen LogP contribution in [0.15, 0.2) is 40.5 Å². The summed E-state index contributed by atoms with van der Waals surface area (Å²) in [5.74, 6) is 0. The van der Waals surface area contributed by atoms with Crippen molar-refractivity contribution < 1.29 is 0 Å². The lowest BCUT2D eigenvalue weighted by Gasteiger charge is -2.36. The summed E-state index contributed by atoms with van der Waals surface area (Å²) in [5.41, 5.74) is 11.6. The predicted octanol–water partition coefficient (Wildman–Crippen LogP) is 5.69. The Labute approximate surface area is 139 Å². The molecule has 0 heterocycles. The van der Waals surface area contributed by atoms with Gasteiger partial charge in [0.25, 0.3) is 0 Å². The molecule has 0 saturated carbocycles. The van der Waals surface area contributed by atoms with Crippen LogP contribution >= 0.6 is 0 Å². The molecule has 0 nitrogen and oxygen atoms in total. The van der Waals surface area contributed by atoms with Gasteiger partial charge in [0.1, 0.15) is 0 Å². The molecule has 0 unspecified atom stereocenters. The van der Waals surface area contributed by atoms with E-state index in [9.17, 15) is 0 Å². The number of allylic oxidation sites excluding steroid dienone is 4. The van der Waals surface area contributed by atoms with Crippen LogP contribution in [0.25, 0.3) is 0 Å². The van der Waals surface area contributed by atoms with Crippen molar-refractivity contribution in [1.82, 2.24) is 0 Å². The molecule has 0 N–H and O–H groups in total. The molecule has 1 heteroatoms. The van der Waals surface area contributed by atoms with Crippen molar-refractivity contribution in [2.24, 2.45) is 0 Å². The van der Waals surface area contributed by atoms with Crippen molar-refractivity contribution in [3.63, 3.8) is 0 Å². The molecule has 0 fully saturated rings. The van der Waals surface area contributed by atoms with E-state index in [2.05, 4.69) is 73.6 Å². The Balaban J connectivity index is 2.53. The summed E-state index contributed by atoms with van der Waals surface area (Å²) < 4.78 is 0. The SMILES string of the molecule is CC1=C(C)C(Cc2cc(C)cc(C)c2)([SiH2]C(C)C)C(C)=C1C. The highest BCUT2D eigenvalue weighted by molar-refractivity contribution is 6.45. The molecule has 0 bridgehead atoms.